The van der Waals surface area contributed by atoms with Crippen molar-refractivity contribution in [2.45, 2.75) is 13.3 Å². The van der Waals surface area contributed by atoms with Crippen molar-refractivity contribution in [3.8, 4) is 0 Å². The van der Waals surface area contributed by atoms with Gasteiger partial charge in [-0.3, -0.25) is 9.89 Å². The summed E-state index contributed by atoms with van der Waals surface area (Å²) in [5.74, 6) is -0.0291. The number of anilines is 1. The predicted octanol–water partition coefficient (Wildman–Crippen LogP) is 5.22. The molecule has 0 radical (unpaired) electrons. The Morgan fingerprint density at radius 1 is 1.00 bits per heavy atom. The van der Waals surface area contributed by atoms with Gasteiger partial charge in [0.05, 0.1) is 17.6 Å². The molecule has 0 aliphatic carbocycles. The van der Waals surface area contributed by atoms with Crippen LogP contribution in [0.2, 0.25) is 0 Å². The second-order valence-electron chi connectivity index (χ2n) is 6.78. The molecule has 0 aliphatic rings. The Labute approximate surface area is 163 Å². The molecule has 0 saturated carbocycles. The van der Waals surface area contributed by atoms with Gasteiger partial charge in [-0.25, -0.2) is 0 Å². The van der Waals surface area contributed by atoms with E-state index in [1.807, 2.05) is 91.9 Å². The Hall–Kier alpha value is -3.66. The normalized spacial score (nSPS) is 11.2. The van der Waals surface area contributed by atoms with E-state index in [1.54, 1.807) is 0 Å². The summed E-state index contributed by atoms with van der Waals surface area (Å²) in [4.78, 5) is 12.5. The first-order valence-corrected chi connectivity index (χ1v) is 9.25. The molecule has 28 heavy (non-hydrogen) atoms. The van der Waals surface area contributed by atoms with Crippen molar-refractivity contribution >= 4 is 34.6 Å². The van der Waals surface area contributed by atoms with Crippen LogP contribution in [0, 0.1) is 6.92 Å². The SMILES string of the molecule is Cc1cc2[nH]nc(/C=C/c3ccccc3)c2cc1NC(=O)Cc1ccccc1. The van der Waals surface area contributed by atoms with Crippen molar-refractivity contribution in [1.82, 2.24) is 10.2 Å². The first kappa shape index (κ1) is 17.7. The van der Waals surface area contributed by atoms with Crippen molar-refractivity contribution < 1.29 is 4.79 Å². The number of amides is 1. The number of carbonyl (C=O) groups excluding carboxylic acids is 1. The van der Waals surface area contributed by atoms with E-state index in [2.05, 4.69) is 15.5 Å². The molecule has 1 amide bonds. The highest BCUT2D eigenvalue weighted by Crippen LogP contribution is 2.26. The highest BCUT2D eigenvalue weighted by Gasteiger charge is 2.10. The van der Waals surface area contributed by atoms with Crippen LogP contribution >= 0.6 is 0 Å². The van der Waals surface area contributed by atoms with Crippen LogP contribution in [0.3, 0.4) is 0 Å². The third kappa shape index (κ3) is 4.01. The maximum Gasteiger partial charge on any atom is 0.228 e. The van der Waals surface area contributed by atoms with Crippen LogP contribution in [0.25, 0.3) is 23.1 Å². The summed E-state index contributed by atoms with van der Waals surface area (Å²) in [6, 6.07) is 23.8. The molecule has 4 heteroatoms. The van der Waals surface area contributed by atoms with Gasteiger partial charge in [-0.2, -0.15) is 5.10 Å². The summed E-state index contributed by atoms with van der Waals surface area (Å²) in [7, 11) is 0. The molecule has 0 aliphatic heterocycles. The molecule has 4 rings (SSSR count). The van der Waals surface area contributed by atoms with Gasteiger partial charge in [0, 0.05) is 11.1 Å². The number of aromatic amines is 1. The highest BCUT2D eigenvalue weighted by atomic mass is 16.1. The van der Waals surface area contributed by atoms with Crippen molar-refractivity contribution in [2.24, 2.45) is 0 Å². The number of H-pyrrole nitrogens is 1. The Balaban J connectivity index is 1.58. The van der Waals surface area contributed by atoms with E-state index in [0.717, 1.165) is 39.0 Å². The zero-order valence-electron chi connectivity index (χ0n) is 15.6. The Morgan fingerprint density at radius 3 is 2.46 bits per heavy atom. The van der Waals surface area contributed by atoms with Crippen LogP contribution in [0.1, 0.15) is 22.4 Å². The number of hydrogen-bond acceptors (Lipinski definition) is 2. The minimum Gasteiger partial charge on any atom is -0.326 e. The number of hydrogen-bond donors (Lipinski definition) is 2. The number of benzene rings is 3. The number of fused-ring (bicyclic) bond motifs is 1. The molecule has 4 aromatic rings. The Kier molecular flexibility index (Phi) is 5.02. The number of nitrogens with one attached hydrogen (secondary N) is 2. The molecular formula is C24H21N3O. The number of nitrogens with zero attached hydrogens (tertiary/aromatic N) is 1. The van der Waals surface area contributed by atoms with E-state index >= 15 is 0 Å². The largest absolute Gasteiger partial charge is 0.326 e. The van der Waals surface area contributed by atoms with Gasteiger partial charge >= 0.3 is 0 Å². The van der Waals surface area contributed by atoms with E-state index in [4.69, 9.17) is 0 Å². The molecular weight excluding hydrogens is 346 g/mol. The predicted molar refractivity (Wildman–Crippen MR) is 115 cm³/mol. The number of rotatable bonds is 5. The minimum absolute atomic E-state index is 0.0291. The van der Waals surface area contributed by atoms with Crippen LogP contribution in [0.15, 0.2) is 72.8 Å². The summed E-state index contributed by atoms with van der Waals surface area (Å²) in [5, 5.41) is 11.5. The smallest absolute Gasteiger partial charge is 0.228 e. The summed E-state index contributed by atoms with van der Waals surface area (Å²) in [6.45, 7) is 1.98. The Bertz CT molecular complexity index is 1130. The molecule has 2 N–H and O–H groups in total. The summed E-state index contributed by atoms with van der Waals surface area (Å²) < 4.78 is 0. The first-order chi connectivity index (χ1) is 13.7. The molecule has 1 aromatic heterocycles. The molecule has 0 fully saturated rings. The third-order valence-corrected chi connectivity index (χ3v) is 4.65. The maximum atomic E-state index is 12.5. The van der Waals surface area contributed by atoms with Crippen molar-refractivity contribution in [3.05, 3.63) is 95.2 Å². The molecule has 0 atom stereocenters. The average Bonchev–Trinajstić information content (AvgIpc) is 3.10. The van der Waals surface area contributed by atoms with E-state index < -0.39 is 0 Å². The third-order valence-electron chi connectivity index (χ3n) is 4.65. The van der Waals surface area contributed by atoms with E-state index in [0.29, 0.717) is 6.42 Å². The average molecular weight is 367 g/mol. The molecule has 0 spiro atoms. The van der Waals surface area contributed by atoms with Gasteiger partial charge in [0.2, 0.25) is 5.91 Å². The van der Waals surface area contributed by atoms with Gasteiger partial charge in [-0.15, -0.1) is 0 Å². The van der Waals surface area contributed by atoms with Crippen molar-refractivity contribution in [2.75, 3.05) is 5.32 Å². The fraction of sp³-hybridized carbons (Fsp3) is 0.0833. The lowest BCUT2D eigenvalue weighted by atomic mass is 10.1. The number of aromatic nitrogens is 2. The quantitative estimate of drug-likeness (QED) is 0.508. The van der Waals surface area contributed by atoms with E-state index in [9.17, 15) is 4.79 Å². The fourth-order valence-electron chi connectivity index (χ4n) is 3.17. The van der Waals surface area contributed by atoms with Crippen LogP contribution in [0.5, 0.6) is 0 Å². The molecule has 138 valence electrons. The molecule has 0 unspecified atom stereocenters. The van der Waals surface area contributed by atoms with E-state index in [-0.39, 0.29) is 5.91 Å². The first-order valence-electron chi connectivity index (χ1n) is 9.25. The topological polar surface area (TPSA) is 57.8 Å². The zero-order chi connectivity index (χ0) is 19.3. The maximum absolute atomic E-state index is 12.5. The lowest BCUT2D eigenvalue weighted by Crippen LogP contribution is -2.15. The minimum atomic E-state index is -0.0291. The lowest BCUT2D eigenvalue weighted by Gasteiger charge is -2.09. The number of carbonyl (C=O) groups is 1. The summed E-state index contributed by atoms with van der Waals surface area (Å²) in [5.41, 5.74) is 5.71. The van der Waals surface area contributed by atoms with Crippen LogP contribution in [-0.2, 0) is 11.2 Å². The van der Waals surface area contributed by atoms with Gasteiger partial charge in [0.15, 0.2) is 0 Å². The van der Waals surface area contributed by atoms with Gasteiger partial charge in [0.25, 0.3) is 0 Å². The zero-order valence-corrected chi connectivity index (χ0v) is 15.6. The second kappa shape index (κ2) is 7.92. The molecule has 0 saturated heterocycles. The van der Waals surface area contributed by atoms with Gasteiger partial charge in [0.1, 0.15) is 0 Å². The lowest BCUT2D eigenvalue weighted by molar-refractivity contribution is -0.115. The van der Waals surface area contributed by atoms with Crippen LogP contribution in [0.4, 0.5) is 5.69 Å². The van der Waals surface area contributed by atoms with Crippen molar-refractivity contribution in [1.29, 1.82) is 0 Å². The summed E-state index contributed by atoms with van der Waals surface area (Å²) in [6.07, 6.45) is 4.37. The number of aryl methyl sites for hydroxylation is 1. The van der Waals surface area contributed by atoms with E-state index in [1.165, 1.54) is 0 Å². The van der Waals surface area contributed by atoms with Gasteiger partial charge in [-0.05, 0) is 41.8 Å². The van der Waals surface area contributed by atoms with Crippen LogP contribution < -0.4 is 5.32 Å². The van der Waals surface area contributed by atoms with Crippen molar-refractivity contribution in [3.63, 3.8) is 0 Å². The standard InChI is InChI=1S/C24H21N3O/c1-17-14-23-20(21(26-27-23)13-12-18-8-4-2-5-9-18)16-22(17)25-24(28)15-19-10-6-3-7-11-19/h2-14,16H,15H2,1H3,(H,25,28)(H,26,27)/b13-12+. The summed E-state index contributed by atoms with van der Waals surface area (Å²) >= 11 is 0. The molecule has 0 bridgehead atoms. The fourth-order valence-corrected chi connectivity index (χ4v) is 3.17. The molecule has 4 nitrogen and oxygen atoms in total. The second-order valence-corrected chi connectivity index (χ2v) is 6.78. The van der Waals surface area contributed by atoms with Gasteiger partial charge in [-0.1, -0.05) is 66.7 Å². The highest BCUT2D eigenvalue weighted by molar-refractivity contribution is 5.98. The Morgan fingerprint density at radius 2 is 1.71 bits per heavy atom. The van der Waals surface area contributed by atoms with Crippen LogP contribution in [-0.4, -0.2) is 16.1 Å². The molecule has 1 heterocycles. The van der Waals surface area contributed by atoms with Gasteiger partial charge < -0.3 is 5.32 Å². The monoisotopic (exact) mass is 367 g/mol. The molecule has 3 aromatic carbocycles.